The van der Waals surface area contributed by atoms with Crippen molar-refractivity contribution < 1.29 is 9.90 Å². The Morgan fingerprint density at radius 2 is 2.22 bits per heavy atom. The van der Waals surface area contributed by atoms with Crippen LogP contribution in [0, 0.1) is 5.92 Å². The van der Waals surface area contributed by atoms with E-state index in [0.29, 0.717) is 6.42 Å². The van der Waals surface area contributed by atoms with E-state index in [1.54, 1.807) is 6.92 Å². The summed E-state index contributed by atoms with van der Waals surface area (Å²) in [5.74, 6) is -0.543. The highest BCUT2D eigenvalue weighted by Gasteiger charge is 2.05. The molecular weight excluding hydrogens is 142 g/mol. The summed E-state index contributed by atoms with van der Waals surface area (Å²) in [6, 6.07) is 0. The molecule has 0 heterocycles. The van der Waals surface area contributed by atoms with Gasteiger partial charge in [-0.2, -0.15) is 0 Å². The first kappa shape index (κ1) is 11.5. The Kier molecular flexibility index (Phi) is 7.48. The maximum Gasteiger partial charge on any atom is 0.220 e. The van der Waals surface area contributed by atoms with Gasteiger partial charge in [-0.1, -0.05) is 6.92 Å². The fourth-order valence-electron chi connectivity index (χ4n) is 0.336. The molecule has 0 aliphatic carbocycles. The lowest BCUT2D eigenvalue weighted by Gasteiger charge is -2.00. The van der Waals surface area contributed by atoms with Gasteiger partial charge in [0.25, 0.3) is 0 Å². The van der Waals surface area contributed by atoms with Gasteiger partial charge in [0.2, 0.25) is 5.91 Å². The second-order valence-corrected chi connectivity index (χ2v) is 1.82. The van der Waals surface area contributed by atoms with Gasteiger partial charge >= 0.3 is 0 Å². The highest BCUT2D eigenvalue weighted by Crippen LogP contribution is 1.96. The Bertz CT molecular complexity index is 87.0. The molecule has 0 aromatic heterocycles. The standard InChI is InChI=1S/C5H11NO2.ClH/c1-4(2-3-7)5(6)8;/h4,7H,2-3H2,1H3,(H2,6,8);1H. The highest BCUT2D eigenvalue weighted by atomic mass is 35.5. The first-order valence-corrected chi connectivity index (χ1v) is 2.58. The summed E-state index contributed by atoms with van der Waals surface area (Å²) >= 11 is 0. The largest absolute Gasteiger partial charge is 0.396 e. The molecule has 3 nitrogen and oxygen atoms in total. The third kappa shape index (κ3) is 5.59. The van der Waals surface area contributed by atoms with Gasteiger partial charge in [-0.15, -0.1) is 12.4 Å². The van der Waals surface area contributed by atoms with E-state index in [1.165, 1.54) is 0 Å². The number of aliphatic hydroxyl groups excluding tert-OH is 1. The van der Waals surface area contributed by atoms with Crippen LogP contribution in [0.5, 0.6) is 0 Å². The van der Waals surface area contributed by atoms with Crippen LogP contribution in [0.1, 0.15) is 13.3 Å². The molecule has 0 aliphatic heterocycles. The second kappa shape index (κ2) is 5.85. The third-order valence-corrected chi connectivity index (χ3v) is 1.05. The maximum atomic E-state index is 10.2. The first-order valence-electron chi connectivity index (χ1n) is 2.58. The van der Waals surface area contributed by atoms with Gasteiger partial charge in [0, 0.05) is 12.5 Å². The SMILES string of the molecule is CC(CCO)C(N)=O.Cl. The number of hydrogen-bond donors (Lipinski definition) is 2. The summed E-state index contributed by atoms with van der Waals surface area (Å²) in [5.41, 5.74) is 4.87. The van der Waals surface area contributed by atoms with E-state index in [2.05, 4.69) is 0 Å². The van der Waals surface area contributed by atoms with Crippen molar-refractivity contribution in [2.75, 3.05) is 6.61 Å². The van der Waals surface area contributed by atoms with Crippen LogP contribution in [0.2, 0.25) is 0 Å². The normalized spacial score (nSPS) is 11.8. The zero-order valence-corrected chi connectivity index (χ0v) is 6.15. The Morgan fingerprint density at radius 1 is 1.78 bits per heavy atom. The Hall–Kier alpha value is -0.280. The molecule has 4 heteroatoms. The quantitative estimate of drug-likeness (QED) is 0.596. The Morgan fingerprint density at radius 3 is 2.33 bits per heavy atom. The summed E-state index contributed by atoms with van der Waals surface area (Å²) in [5, 5.41) is 8.28. The van der Waals surface area contributed by atoms with Crippen molar-refractivity contribution in [2.24, 2.45) is 11.7 Å². The minimum atomic E-state index is -0.348. The molecule has 56 valence electrons. The summed E-state index contributed by atoms with van der Waals surface area (Å²) in [6.07, 6.45) is 0.468. The van der Waals surface area contributed by atoms with Crippen molar-refractivity contribution in [3.63, 3.8) is 0 Å². The van der Waals surface area contributed by atoms with Crippen LogP contribution >= 0.6 is 12.4 Å². The molecule has 0 spiro atoms. The molecule has 9 heavy (non-hydrogen) atoms. The van der Waals surface area contributed by atoms with E-state index in [9.17, 15) is 4.79 Å². The zero-order valence-electron chi connectivity index (χ0n) is 5.33. The number of carbonyl (C=O) groups is 1. The van der Waals surface area contributed by atoms with E-state index in [1.807, 2.05) is 0 Å². The molecular formula is C5H12ClNO2. The van der Waals surface area contributed by atoms with E-state index in [0.717, 1.165) is 0 Å². The van der Waals surface area contributed by atoms with Gasteiger partial charge in [0.05, 0.1) is 0 Å². The summed E-state index contributed by atoms with van der Waals surface area (Å²) < 4.78 is 0. The smallest absolute Gasteiger partial charge is 0.220 e. The number of nitrogens with two attached hydrogens (primary N) is 1. The minimum Gasteiger partial charge on any atom is -0.396 e. The minimum absolute atomic E-state index is 0. The first-order chi connectivity index (χ1) is 3.68. The van der Waals surface area contributed by atoms with Gasteiger partial charge in [0.15, 0.2) is 0 Å². The lowest BCUT2D eigenvalue weighted by molar-refractivity contribution is -0.121. The van der Waals surface area contributed by atoms with Gasteiger partial charge < -0.3 is 10.8 Å². The number of halogens is 1. The summed E-state index contributed by atoms with van der Waals surface area (Å²) in [6.45, 7) is 1.72. The molecule has 0 rings (SSSR count). The fraction of sp³-hybridized carbons (Fsp3) is 0.800. The van der Waals surface area contributed by atoms with E-state index in [4.69, 9.17) is 10.8 Å². The van der Waals surface area contributed by atoms with Crippen LogP contribution < -0.4 is 5.73 Å². The van der Waals surface area contributed by atoms with Crippen molar-refractivity contribution in [3.05, 3.63) is 0 Å². The number of hydrogen-bond acceptors (Lipinski definition) is 2. The number of primary amides is 1. The van der Waals surface area contributed by atoms with Crippen molar-refractivity contribution in [1.29, 1.82) is 0 Å². The molecule has 1 unspecified atom stereocenters. The molecule has 3 N–H and O–H groups in total. The Labute approximate surface area is 60.6 Å². The van der Waals surface area contributed by atoms with Crippen LogP contribution in [0.3, 0.4) is 0 Å². The van der Waals surface area contributed by atoms with Gasteiger partial charge in [0.1, 0.15) is 0 Å². The molecule has 0 saturated heterocycles. The summed E-state index contributed by atoms with van der Waals surface area (Å²) in [4.78, 5) is 10.2. The molecule has 1 atom stereocenters. The van der Waals surface area contributed by atoms with Crippen molar-refractivity contribution in [1.82, 2.24) is 0 Å². The average Bonchev–Trinajstić information content (AvgIpc) is 1.67. The van der Waals surface area contributed by atoms with Gasteiger partial charge in [-0.05, 0) is 6.42 Å². The van der Waals surface area contributed by atoms with Crippen LogP contribution in [0.15, 0.2) is 0 Å². The van der Waals surface area contributed by atoms with Crippen LogP contribution in [-0.4, -0.2) is 17.6 Å². The van der Waals surface area contributed by atoms with Gasteiger partial charge in [-0.25, -0.2) is 0 Å². The molecule has 0 aromatic rings. The lowest BCUT2D eigenvalue weighted by Crippen LogP contribution is -2.21. The van der Waals surface area contributed by atoms with Crippen molar-refractivity contribution >= 4 is 18.3 Å². The average molecular weight is 154 g/mol. The molecule has 0 aromatic carbocycles. The monoisotopic (exact) mass is 153 g/mol. The molecule has 0 saturated carbocycles. The van der Waals surface area contributed by atoms with Crippen molar-refractivity contribution in [3.8, 4) is 0 Å². The van der Waals surface area contributed by atoms with Gasteiger partial charge in [-0.3, -0.25) is 4.79 Å². The molecule has 0 aliphatic rings. The van der Waals surface area contributed by atoms with Crippen LogP contribution in [0.4, 0.5) is 0 Å². The summed E-state index contributed by atoms with van der Waals surface area (Å²) in [7, 11) is 0. The maximum absolute atomic E-state index is 10.2. The Balaban J connectivity index is 0. The van der Waals surface area contributed by atoms with Crippen LogP contribution in [-0.2, 0) is 4.79 Å². The molecule has 0 fully saturated rings. The topological polar surface area (TPSA) is 63.3 Å². The van der Waals surface area contributed by atoms with Crippen LogP contribution in [0.25, 0.3) is 0 Å². The lowest BCUT2D eigenvalue weighted by atomic mass is 10.1. The second-order valence-electron chi connectivity index (χ2n) is 1.82. The third-order valence-electron chi connectivity index (χ3n) is 1.05. The zero-order chi connectivity index (χ0) is 6.57. The van der Waals surface area contributed by atoms with E-state index >= 15 is 0 Å². The molecule has 0 radical (unpaired) electrons. The van der Waals surface area contributed by atoms with E-state index in [-0.39, 0.29) is 30.8 Å². The highest BCUT2D eigenvalue weighted by molar-refractivity contribution is 5.85. The fourth-order valence-corrected chi connectivity index (χ4v) is 0.336. The number of carbonyl (C=O) groups excluding carboxylic acids is 1. The number of aliphatic hydroxyl groups is 1. The number of amides is 1. The number of rotatable bonds is 3. The molecule has 0 bridgehead atoms. The predicted octanol–water partition coefficient (Wildman–Crippen LogP) is -0.0880. The molecule has 1 amide bonds. The van der Waals surface area contributed by atoms with E-state index < -0.39 is 0 Å². The predicted molar refractivity (Wildman–Crippen MR) is 37.3 cm³/mol. The van der Waals surface area contributed by atoms with Crippen molar-refractivity contribution in [2.45, 2.75) is 13.3 Å².